The molecule has 0 N–H and O–H groups in total. The minimum absolute atomic E-state index is 0.163. The lowest BCUT2D eigenvalue weighted by molar-refractivity contribution is 0.0741. The van der Waals surface area contributed by atoms with Crippen LogP contribution in [0, 0.1) is 12.7 Å². The fourth-order valence-electron chi connectivity index (χ4n) is 3.28. The van der Waals surface area contributed by atoms with Crippen LogP contribution in [0.4, 0.5) is 10.1 Å². The molecule has 0 spiro atoms. The molecule has 0 aliphatic carbocycles. The van der Waals surface area contributed by atoms with Crippen LogP contribution < -0.4 is 4.90 Å². The van der Waals surface area contributed by atoms with Gasteiger partial charge in [-0.1, -0.05) is 28.9 Å². The van der Waals surface area contributed by atoms with E-state index in [-0.39, 0.29) is 17.4 Å². The van der Waals surface area contributed by atoms with Crippen molar-refractivity contribution in [3.8, 4) is 5.69 Å². The summed E-state index contributed by atoms with van der Waals surface area (Å²) in [5.41, 5.74) is 2.42. The van der Waals surface area contributed by atoms with E-state index in [2.05, 4.69) is 15.2 Å². The quantitative estimate of drug-likeness (QED) is 0.678. The highest BCUT2D eigenvalue weighted by Gasteiger charge is 2.25. The molecule has 1 aliphatic heterocycles. The Morgan fingerprint density at radius 1 is 1.11 bits per heavy atom. The Labute approximate surface area is 167 Å². The number of benzene rings is 2. The van der Waals surface area contributed by atoms with Crippen molar-refractivity contribution in [1.29, 1.82) is 0 Å². The van der Waals surface area contributed by atoms with Crippen molar-refractivity contribution in [2.75, 3.05) is 31.1 Å². The zero-order chi connectivity index (χ0) is 19.7. The number of para-hydroxylation sites is 1. The van der Waals surface area contributed by atoms with Gasteiger partial charge in [0.15, 0.2) is 5.69 Å². The first-order chi connectivity index (χ1) is 13.5. The molecule has 28 heavy (non-hydrogen) atoms. The van der Waals surface area contributed by atoms with E-state index in [0.29, 0.717) is 42.5 Å². The Balaban J connectivity index is 1.44. The van der Waals surface area contributed by atoms with Gasteiger partial charge in [-0.2, -0.15) is 0 Å². The van der Waals surface area contributed by atoms with Crippen molar-refractivity contribution in [3.63, 3.8) is 0 Å². The molecule has 2 aromatic carbocycles. The second kappa shape index (κ2) is 7.59. The van der Waals surface area contributed by atoms with E-state index in [4.69, 9.17) is 11.6 Å². The van der Waals surface area contributed by atoms with Gasteiger partial charge in [-0.05, 0) is 42.8 Å². The smallest absolute Gasteiger partial charge is 0.276 e. The number of halogens is 2. The number of carbonyl (C=O) groups is 1. The van der Waals surface area contributed by atoms with Crippen LogP contribution in [0.2, 0.25) is 5.02 Å². The molecule has 1 amide bonds. The fraction of sp³-hybridized carbons (Fsp3) is 0.250. The van der Waals surface area contributed by atoms with Crippen LogP contribution in [0.5, 0.6) is 0 Å². The van der Waals surface area contributed by atoms with E-state index in [9.17, 15) is 9.18 Å². The zero-order valence-corrected chi connectivity index (χ0v) is 16.1. The Morgan fingerprint density at radius 3 is 2.57 bits per heavy atom. The van der Waals surface area contributed by atoms with Gasteiger partial charge in [-0.15, -0.1) is 5.10 Å². The van der Waals surface area contributed by atoms with Gasteiger partial charge in [0.2, 0.25) is 0 Å². The standard InChI is InChI=1S/C20H19ClFN5O/c1-14-12-15(6-7-17(14)22)27-13-18(23-24-27)20(28)26-10-8-25(9-11-26)19-5-3-2-4-16(19)21/h2-7,12-13H,8-11H2,1H3. The number of rotatable bonds is 3. The van der Waals surface area contributed by atoms with Crippen molar-refractivity contribution >= 4 is 23.2 Å². The maximum absolute atomic E-state index is 13.5. The van der Waals surface area contributed by atoms with Crippen molar-refractivity contribution in [3.05, 3.63) is 70.8 Å². The summed E-state index contributed by atoms with van der Waals surface area (Å²) in [5.74, 6) is -0.444. The molecule has 1 aromatic heterocycles. The predicted octanol–water partition coefficient (Wildman–Crippen LogP) is 3.33. The molecule has 4 rings (SSSR count). The molecule has 0 bridgehead atoms. The number of anilines is 1. The minimum Gasteiger partial charge on any atom is -0.367 e. The van der Waals surface area contributed by atoms with Crippen LogP contribution in [0.25, 0.3) is 5.69 Å². The van der Waals surface area contributed by atoms with E-state index in [1.54, 1.807) is 30.2 Å². The molecule has 1 fully saturated rings. The maximum Gasteiger partial charge on any atom is 0.276 e. The summed E-state index contributed by atoms with van der Waals surface area (Å²) in [6.45, 7) is 4.22. The summed E-state index contributed by atoms with van der Waals surface area (Å²) in [6.07, 6.45) is 1.58. The van der Waals surface area contributed by atoms with Crippen molar-refractivity contribution in [2.24, 2.45) is 0 Å². The van der Waals surface area contributed by atoms with Gasteiger partial charge in [0.05, 0.1) is 22.6 Å². The predicted molar refractivity (Wildman–Crippen MR) is 106 cm³/mol. The van der Waals surface area contributed by atoms with Crippen LogP contribution in [0.15, 0.2) is 48.7 Å². The lowest BCUT2D eigenvalue weighted by Gasteiger charge is -2.36. The number of carbonyl (C=O) groups excluding carboxylic acids is 1. The van der Waals surface area contributed by atoms with E-state index < -0.39 is 0 Å². The molecule has 0 atom stereocenters. The van der Waals surface area contributed by atoms with Gasteiger partial charge in [0.25, 0.3) is 5.91 Å². The van der Waals surface area contributed by atoms with Gasteiger partial charge >= 0.3 is 0 Å². The summed E-state index contributed by atoms with van der Waals surface area (Å²) in [6, 6.07) is 12.3. The third-order valence-electron chi connectivity index (χ3n) is 4.88. The van der Waals surface area contributed by atoms with Crippen LogP contribution in [0.3, 0.4) is 0 Å². The average Bonchev–Trinajstić information content (AvgIpc) is 3.20. The Kier molecular flexibility index (Phi) is 5.00. The van der Waals surface area contributed by atoms with Crippen LogP contribution in [0.1, 0.15) is 16.1 Å². The van der Waals surface area contributed by atoms with Gasteiger partial charge in [-0.3, -0.25) is 4.79 Å². The van der Waals surface area contributed by atoms with Crippen LogP contribution >= 0.6 is 11.6 Å². The van der Waals surface area contributed by atoms with Crippen LogP contribution in [-0.2, 0) is 0 Å². The SMILES string of the molecule is Cc1cc(-n2cc(C(=O)N3CCN(c4ccccc4Cl)CC3)nn2)ccc1F. The molecule has 1 aliphatic rings. The summed E-state index contributed by atoms with van der Waals surface area (Å²) in [7, 11) is 0. The third-order valence-corrected chi connectivity index (χ3v) is 5.20. The van der Waals surface area contributed by atoms with E-state index in [1.807, 2.05) is 24.3 Å². The van der Waals surface area contributed by atoms with Gasteiger partial charge in [-0.25, -0.2) is 9.07 Å². The molecule has 8 heteroatoms. The molecular weight excluding hydrogens is 381 g/mol. The van der Waals surface area contributed by atoms with Crippen molar-refractivity contribution < 1.29 is 9.18 Å². The van der Waals surface area contributed by atoms with Crippen molar-refractivity contribution in [2.45, 2.75) is 6.92 Å². The molecule has 2 heterocycles. The summed E-state index contributed by atoms with van der Waals surface area (Å²) >= 11 is 6.27. The third kappa shape index (κ3) is 3.57. The highest BCUT2D eigenvalue weighted by molar-refractivity contribution is 6.33. The van der Waals surface area contributed by atoms with Crippen molar-refractivity contribution in [1.82, 2.24) is 19.9 Å². The lowest BCUT2D eigenvalue weighted by atomic mass is 10.2. The Hall–Kier alpha value is -2.93. The second-order valence-electron chi connectivity index (χ2n) is 6.71. The number of amides is 1. The molecule has 144 valence electrons. The highest BCUT2D eigenvalue weighted by atomic mass is 35.5. The first-order valence-electron chi connectivity index (χ1n) is 9.00. The first-order valence-corrected chi connectivity index (χ1v) is 9.38. The number of piperazine rings is 1. The highest BCUT2D eigenvalue weighted by Crippen LogP contribution is 2.26. The minimum atomic E-state index is -0.281. The van der Waals surface area contributed by atoms with Gasteiger partial charge in [0, 0.05) is 26.2 Å². The summed E-state index contributed by atoms with van der Waals surface area (Å²) < 4.78 is 14.9. The summed E-state index contributed by atoms with van der Waals surface area (Å²) in [5, 5.41) is 8.73. The first kappa shape index (κ1) is 18.4. The molecule has 0 radical (unpaired) electrons. The summed E-state index contributed by atoms with van der Waals surface area (Å²) in [4.78, 5) is 16.7. The molecule has 3 aromatic rings. The molecule has 6 nitrogen and oxygen atoms in total. The number of aromatic nitrogens is 3. The van der Waals surface area contributed by atoms with Crippen LogP contribution in [-0.4, -0.2) is 52.0 Å². The Morgan fingerprint density at radius 2 is 1.86 bits per heavy atom. The number of nitrogens with zero attached hydrogens (tertiary/aromatic N) is 5. The molecule has 1 saturated heterocycles. The normalized spacial score (nSPS) is 14.4. The fourth-order valence-corrected chi connectivity index (χ4v) is 3.54. The monoisotopic (exact) mass is 399 g/mol. The lowest BCUT2D eigenvalue weighted by Crippen LogP contribution is -2.49. The molecule has 0 unspecified atom stereocenters. The zero-order valence-electron chi connectivity index (χ0n) is 15.3. The molecular formula is C20H19ClFN5O. The number of hydrogen-bond acceptors (Lipinski definition) is 4. The number of aryl methyl sites for hydroxylation is 1. The van der Waals surface area contributed by atoms with E-state index in [0.717, 1.165) is 5.69 Å². The van der Waals surface area contributed by atoms with Gasteiger partial charge in [0.1, 0.15) is 5.82 Å². The van der Waals surface area contributed by atoms with E-state index >= 15 is 0 Å². The van der Waals surface area contributed by atoms with E-state index in [1.165, 1.54) is 10.7 Å². The Bertz CT molecular complexity index is 1010. The topological polar surface area (TPSA) is 54.3 Å². The second-order valence-corrected chi connectivity index (χ2v) is 7.12. The van der Waals surface area contributed by atoms with Gasteiger partial charge < -0.3 is 9.80 Å². The number of hydrogen-bond donors (Lipinski definition) is 0. The largest absolute Gasteiger partial charge is 0.367 e. The average molecular weight is 400 g/mol. The molecule has 0 saturated carbocycles. The maximum atomic E-state index is 13.5.